The van der Waals surface area contributed by atoms with E-state index >= 15 is 0 Å². The molecular weight excluding hydrogens is 342 g/mol. The maximum absolute atomic E-state index is 5.52. The predicted octanol–water partition coefficient (Wildman–Crippen LogP) is 7.03. The molecule has 3 aromatic rings. The summed E-state index contributed by atoms with van der Waals surface area (Å²) < 4.78 is 5.52. The second-order valence-corrected chi connectivity index (χ2v) is 7.35. The van der Waals surface area contributed by atoms with Crippen molar-refractivity contribution in [3.8, 4) is 16.9 Å². The quantitative estimate of drug-likeness (QED) is 0.376. The Bertz CT molecular complexity index is 835. The summed E-state index contributed by atoms with van der Waals surface area (Å²) in [4.78, 5) is 4.73. The predicted molar refractivity (Wildman–Crippen MR) is 118 cm³/mol. The topological polar surface area (TPSA) is 22.1 Å². The molecule has 0 amide bonds. The van der Waals surface area contributed by atoms with Crippen molar-refractivity contribution in [3.05, 3.63) is 83.7 Å². The Balaban J connectivity index is 1.66. The Morgan fingerprint density at radius 3 is 2.07 bits per heavy atom. The summed E-state index contributed by atoms with van der Waals surface area (Å²) in [5.74, 6) is 1.21. The molecule has 2 aromatic carbocycles. The molecule has 3 rings (SSSR count). The molecule has 0 aliphatic heterocycles. The highest BCUT2D eigenvalue weighted by atomic mass is 16.5. The SMILES string of the molecule is CCCCCc1ccc(C(C)c2ccc(-c3ccc(OCC)cc3)cc2)nc1. The zero-order valence-electron chi connectivity index (χ0n) is 17.3. The van der Waals surface area contributed by atoms with E-state index < -0.39 is 0 Å². The van der Waals surface area contributed by atoms with Crippen LogP contribution in [0.3, 0.4) is 0 Å². The van der Waals surface area contributed by atoms with Gasteiger partial charge in [-0.15, -0.1) is 0 Å². The van der Waals surface area contributed by atoms with Crippen LogP contribution in [0.2, 0.25) is 0 Å². The van der Waals surface area contributed by atoms with Crippen LogP contribution in [0.15, 0.2) is 66.9 Å². The first-order valence-electron chi connectivity index (χ1n) is 10.5. The zero-order valence-corrected chi connectivity index (χ0v) is 17.3. The molecule has 1 unspecified atom stereocenters. The molecule has 0 aliphatic carbocycles. The summed E-state index contributed by atoms with van der Waals surface area (Å²) >= 11 is 0. The Morgan fingerprint density at radius 2 is 1.50 bits per heavy atom. The summed E-state index contributed by atoms with van der Waals surface area (Å²) in [6.45, 7) is 7.16. The fraction of sp³-hybridized carbons (Fsp3) is 0.346. The van der Waals surface area contributed by atoms with Gasteiger partial charge in [-0.1, -0.05) is 69.2 Å². The molecule has 2 heteroatoms. The van der Waals surface area contributed by atoms with Crippen molar-refractivity contribution in [1.82, 2.24) is 4.98 Å². The fourth-order valence-electron chi connectivity index (χ4n) is 3.46. The zero-order chi connectivity index (χ0) is 19.8. The molecule has 28 heavy (non-hydrogen) atoms. The van der Waals surface area contributed by atoms with Crippen molar-refractivity contribution < 1.29 is 4.74 Å². The number of hydrogen-bond donors (Lipinski definition) is 0. The lowest BCUT2D eigenvalue weighted by atomic mass is 9.94. The van der Waals surface area contributed by atoms with Gasteiger partial charge in [-0.05, 0) is 60.2 Å². The van der Waals surface area contributed by atoms with Crippen LogP contribution < -0.4 is 4.74 Å². The van der Waals surface area contributed by atoms with Crippen LogP contribution in [0.4, 0.5) is 0 Å². The minimum absolute atomic E-state index is 0.291. The Kier molecular flexibility index (Phi) is 7.25. The van der Waals surface area contributed by atoms with Gasteiger partial charge in [0.1, 0.15) is 5.75 Å². The number of benzene rings is 2. The molecule has 1 atom stereocenters. The maximum Gasteiger partial charge on any atom is 0.119 e. The number of aryl methyl sites for hydroxylation is 1. The van der Waals surface area contributed by atoms with Gasteiger partial charge in [0.2, 0.25) is 0 Å². The van der Waals surface area contributed by atoms with Crippen LogP contribution in [-0.4, -0.2) is 11.6 Å². The number of unbranched alkanes of at least 4 members (excludes halogenated alkanes) is 2. The average molecular weight is 374 g/mol. The Morgan fingerprint density at radius 1 is 0.821 bits per heavy atom. The van der Waals surface area contributed by atoms with Crippen LogP contribution in [-0.2, 0) is 6.42 Å². The van der Waals surface area contributed by atoms with Gasteiger partial charge in [0.25, 0.3) is 0 Å². The molecule has 146 valence electrons. The lowest BCUT2D eigenvalue weighted by Crippen LogP contribution is -2.00. The monoisotopic (exact) mass is 373 g/mol. The highest BCUT2D eigenvalue weighted by Crippen LogP contribution is 2.27. The van der Waals surface area contributed by atoms with Gasteiger partial charge >= 0.3 is 0 Å². The lowest BCUT2D eigenvalue weighted by Gasteiger charge is -2.13. The number of pyridine rings is 1. The minimum Gasteiger partial charge on any atom is -0.494 e. The summed E-state index contributed by atoms with van der Waals surface area (Å²) in [5, 5.41) is 0. The molecule has 0 bridgehead atoms. The summed E-state index contributed by atoms with van der Waals surface area (Å²) in [7, 11) is 0. The van der Waals surface area contributed by atoms with E-state index in [0.717, 1.165) is 17.9 Å². The number of ether oxygens (including phenoxy) is 1. The highest BCUT2D eigenvalue weighted by molar-refractivity contribution is 5.64. The van der Waals surface area contributed by atoms with Crippen LogP contribution in [0, 0.1) is 0 Å². The van der Waals surface area contributed by atoms with E-state index in [-0.39, 0.29) is 0 Å². The molecule has 0 aliphatic rings. The first-order chi connectivity index (χ1) is 13.7. The summed E-state index contributed by atoms with van der Waals surface area (Å²) in [6.07, 6.45) is 6.98. The normalized spacial score (nSPS) is 12.0. The van der Waals surface area contributed by atoms with Crippen molar-refractivity contribution in [3.63, 3.8) is 0 Å². The van der Waals surface area contributed by atoms with Crippen molar-refractivity contribution in [2.45, 2.75) is 52.4 Å². The van der Waals surface area contributed by atoms with Crippen LogP contribution in [0.5, 0.6) is 5.75 Å². The molecule has 1 heterocycles. The third-order valence-electron chi connectivity index (χ3n) is 5.27. The van der Waals surface area contributed by atoms with E-state index in [4.69, 9.17) is 9.72 Å². The van der Waals surface area contributed by atoms with E-state index in [0.29, 0.717) is 12.5 Å². The lowest BCUT2D eigenvalue weighted by molar-refractivity contribution is 0.340. The van der Waals surface area contributed by atoms with E-state index in [2.05, 4.69) is 68.6 Å². The first kappa shape index (κ1) is 20.1. The van der Waals surface area contributed by atoms with Crippen molar-refractivity contribution in [2.24, 2.45) is 0 Å². The van der Waals surface area contributed by atoms with Gasteiger partial charge in [-0.2, -0.15) is 0 Å². The molecule has 2 nitrogen and oxygen atoms in total. The number of nitrogens with zero attached hydrogens (tertiary/aromatic N) is 1. The minimum atomic E-state index is 0.291. The van der Waals surface area contributed by atoms with Gasteiger partial charge in [0, 0.05) is 17.8 Å². The number of aromatic nitrogens is 1. The first-order valence-corrected chi connectivity index (χ1v) is 10.5. The van der Waals surface area contributed by atoms with E-state index in [9.17, 15) is 0 Å². The molecule has 1 aromatic heterocycles. The molecule has 0 N–H and O–H groups in total. The van der Waals surface area contributed by atoms with E-state index in [1.807, 2.05) is 19.1 Å². The Hall–Kier alpha value is -2.61. The smallest absolute Gasteiger partial charge is 0.119 e. The molecule has 0 radical (unpaired) electrons. The van der Waals surface area contributed by atoms with Gasteiger partial charge in [-0.25, -0.2) is 0 Å². The van der Waals surface area contributed by atoms with Crippen LogP contribution in [0.1, 0.15) is 62.8 Å². The van der Waals surface area contributed by atoms with Gasteiger partial charge in [0.15, 0.2) is 0 Å². The molecule has 0 saturated heterocycles. The standard InChI is InChI=1S/C26H31NO/c1-4-6-7-8-21-9-18-26(27-19-21)20(3)22-10-12-23(13-11-22)24-14-16-25(17-15-24)28-5-2/h9-20H,4-8H2,1-3H3. The van der Waals surface area contributed by atoms with E-state index in [1.165, 1.54) is 41.5 Å². The molecule has 0 saturated carbocycles. The van der Waals surface area contributed by atoms with Crippen LogP contribution >= 0.6 is 0 Å². The molecular formula is C26H31NO. The van der Waals surface area contributed by atoms with Crippen LogP contribution in [0.25, 0.3) is 11.1 Å². The second kappa shape index (κ2) is 10.1. The summed E-state index contributed by atoms with van der Waals surface area (Å²) in [6, 6.07) is 21.5. The molecule has 0 spiro atoms. The largest absolute Gasteiger partial charge is 0.494 e. The van der Waals surface area contributed by atoms with E-state index in [1.54, 1.807) is 0 Å². The second-order valence-electron chi connectivity index (χ2n) is 7.35. The van der Waals surface area contributed by atoms with Crippen molar-refractivity contribution >= 4 is 0 Å². The van der Waals surface area contributed by atoms with Gasteiger partial charge in [-0.3, -0.25) is 4.98 Å². The molecule has 0 fully saturated rings. The maximum atomic E-state index is 5.52. The summed E-state index contributed by atoms with van der Waals surface area (Å²) in [5.41, 5.74) is 6.19. The third-order valence-corrected chi connectivity index (χ3v) is 5.27. The third kappa shape index (κ3) is 5.22. The fourth-order valence-corrected chi connectivity index (χ4v) is 3.46. The van der Waals surface area contributed by atoms with Gasteiger partial charge < -0.3 is 4.74 Å². The van der Waals surface area contributed by atoms with Gasteiger partial charge in [0.05, 0.1) is 6.61 Å². The number of hydrogen-bond acceptors (Lipinski definition) is 2. The van der Waals surface area contributed by atoms with Crippen molar-refractivity contribution in [2.75, 3.05) is 6.61 Å². The van der Waals surface area contributed by atoms with Crippen molar-refractivity contribution in [1.29, 1.82) is 0 Å². The number of rotatable bonds is 9. The highest BCUT2D eigenvalue weighted by Gasteiger charge is 2.10. The average Bonchev–Trinajstić information content (AvgIpc) is 2.75. The Labute approximate surface area is 169 Å².